The Hall–Kier alpha value is 0.0600. The zero-order valence-corrected chi connectivity index (χ0v) is 14.3. The molecule has 3 atom stereocenters. The topological polar surface area (TPSA) is 26.3 Å². The second kappa shape index (κ2) is 13.1. The quantitative estimate of drug-likeness (QED) is 0.366. The maximum Gasteiger partial charge on any atom is 0.327 e. The van der Waals surface area contributed by atoms with Crippen LogP contribution < -0.4 is 0 Å². The molecule has 0 bridgehead atoms. The van der Waals surface area contributed by atoms with Crippen LogP contribution in [0.1, 0.15) is 85.5 Å². The molecule has 19 heavy (non-hydrogen) atoms. The summed E-state index contributed by atoms with van der Waals surface area (Å²) < 4.78 is 16.4. The van der Waals surface area contributed by atoms with Crippen molar-refractivity contribution in [3.63, 3.8) is 0 Å². The Kier molecular flexibility index (Phi) is 13.1. The van der Waals surface area contributed by atoms with E-state index in [1.54, 1.807) is 0 Å². The maximum atomic E-state index is 10.9. The number of unbranched alkanes of at least 4 members (excludes halogenated alkanes) is 2. The highest BCUT2D eigenvalue weighted by Gasteiger charge is 2.24. The Morgan fingerprint density at radius 2 is 1.58 bits per heavy atom. The van der Waals surface area contributed by atoms with Gasteiger partial charge in [-0.1, -0.05) is 72.6 Å². The molecule has 0 aliphatic heterocycles. The van der Waals surface area contributed by atoms with Crippen LogP contribution in [0.3, 0.4) is 0 Å². The molecular formula is C16H33O2P. The normalized spacial score (nSPS) is 16.4. The van der Waals surface area contributed by atoms with Crippen molar-refractivity contribution in [2.24, 2.45) is 11.8 Å². The summed E-state index contributed by atoms with van der Waals surface area (Å²) >= 11 is 0. The van der Waals surface area contributed by atoms with Gasteiger partial charge < -0.3 is 0 Å². The highest BCUT2D eigenvalue weighted by molar-refractivity contribution is 7.17. The second-order valence-corrected chi connectivity index (χ2v) is 6.04. The van der Waals surface area contributed by atoms with Gasteiger partial charge in [0.15, 0.2) is 0 Å². The summed E-state index contributed by atoms with van der Waals surface area (Å²) in [7, 11) is -0.147. The Bertz CT molecular complexity index is 209. The van der Waals surface area contributed by atoms with Crippen molar-refractivity contribution in [2.75, 3.05) is 0 Å². The van der Waals surface area contributed by atoms with Crippen molar-refractivity contribution in [2.45, 2.75) is 91.6 Å². The van der Waals surface area contributed by atoms with Crippen molar-refractivity contribution in [1.29, 1.82) is 0 Å². The summed E-state index contributed by atoms with van der Waals surface area (Å²) in [5.74, 6) is 1.29. The highest BCUT2D eigenvalue weighted by Crippen LogP contribution is 2.30. The molecule has 0 spiro atoms. The van der Waals surface area contributed by atoms with Gasteiger partial charge in [-0.2, -0.15) is 0 Å². The van der Waals surface area contributed by atoms with E-state index in [0.29, 0.717) is 5.92 Å². The fourth-order valence-electron chi connectivity index (χ4n) is 2.81. The van der Waals surface area contributed by atoms with Gasteiger partial charge >= 0.3 is 8.69 Å². The lowest BCUT2D eigenvalue weighted by Gasteiger charge is -2.27. The predicted molar refractivity (Wildman–Crippen MR) is 83.7 cm³/mol. The van der Waals surface area contributed by atoms with Crippen molar-refractivity contribution in [3.8, 4) is 0 Å². The number of rotatable bonds is 13. The summed E-state index contributed by atoms with van der Waals surface area (Å²) in [4.78, 5) is 0. The first-order valence-electron chi connectivity index (χ1n) is 8.21. The monoisotopic (exact) mass is 288 g/mol. The lowest BCUT2D eigenvalue weighted by atomic mass is 9.85. The first kappa shape index (κ1) is 19.1. The molecule has 0 amide bonds. The molecule has 0 rings (SSSR count). The van der Waals surface area contributed by atoms with Crippen LogP contribution in [0.15, 0.2) is 0 Å². The Morgan fingerprint density at radius 3 is 2.05 bits per heavy atom. The van der Waals surface area contributed by atoms with E-state index < -0.39 is 0 Å². The van der Waals surface area contributed by atoms with Crippen LogP contribution in [0.5, 0.6) is 0 Å². The standard InChI is InChI=1S/C16H33O2P/c1-5-9-11-14(7-3)13-16(18-19-17)15(8-4)12-10-6-2/h14-16H,5-13H2,1-4H3. The molecule has 3 heteroatoms. The molecule has 0 saturated carbocycles. The average Bonchev–Trinajstić information content (AvgIpc) is 2.43. The van der Waals surface area contributed by atoms with E-state index in [-0.39, 0.29) is 14.8 Å². The van der Waals surface area contributed by atoms with E-state index in [2.05, 4.69) is 27.7 Å². The Balaban J connectivity index is 4.43. The van der Waals surface area contributed by atoms with Gasteiger partial charge in [-0.15, -0.1) is 0 Å². The fraction of sp³-hybridized carbons (Fsp3) is 1.00. The molecule has 3 unspecified atom stereocenters. The SMILES string of the molecule is CCCCC(CC)CC(OP=O)C(CC)CCCC. The van der Waals surface area contributed by atoms with Crippen LogP contribution in [0.25, 0.3) is 0 Å². The molecule has 2 nitrogen and oxygen atoms in total. The summed E-state index contributed by atoms with van der Waals surface area (Å²) in [5.41, 5.74) is 0. The van der Waals surface area contributed by atoms with Gasteiger partial charge in [0.2, 0.25) is 0 Å². The van der Waals surface area contributed by atoms with Gasteiger partial charge in [0.25, 0.3) is 0 Å². The third kappa shape index (κ3) is 8.76. The first-order chi connectivity index (χ1) is 9.23. The van der Waals surface area contributed by atoms with Crippen LogP contribution in [0.2, 0.25) is 0 Å². The fourth-order valence-corrected chi connectivity index (χ4v) is 3.17. The van der Waals surface area contributed by atoms with E-state index in [1.165, 1.54) is 44.9 Å². The van der Waals surface area contributed by atoms with Crippen LogP contribution in [0.4, 0.5) is 0 Å². The van der Waals surface area contributed by atoms with Crippen LogP contribution in [0, 0.1) is 11.8 Å². The van der Waals surface area contributed by atoms with Gasteiger partial charge in [0.1, 0.15) is 0 Å². The lowest BCUT2D eigenvalue weighted by molar-refractivity contribution is 0.107. The summed E-state index contributed by atoms with van der Waals surface area (Å²) in [6.45, 7) is 8.96. The van der Waals surface area contributed by atoms with Crippen molar-refractivity contribution < 1.29 is 9.09 Å². The minimum Gasteiger partial charge on any atom is -0.291 e. The van der Waals surface area contributed by atoms with Gasteiger partial charge in [-0.05, 0) is 24.7 Å². The molecule has 114 valence electrons. The minimum absolute atomic E-state index is 0.147. The smallest absolute Gasteiger partial charge is 0.291 e. The third-order valence-electron chi connectivity index (χ3n) is 4.27. The van der Waals surface area contributed by atoms with E-state index >= 15 is 0 Å². The molecule has 0 N–H and O–H groups in total. The van der Waals surface area contributed by atoms with Crippen LogP contribution >= 0.6 is 8.69 Å². The van der Waals surface area contributed by atoms with Crippen molar-refractivity contribution in [3.05, 3.63) is 0 Å². The first-order valence-corrected chi connectivity index (χ1v) is 8.94. The highest BCUT2D eigenvalue weighted by atomic mass is 31.1. The van der Waals surface area contributed by atoms with Crippen molar-refractivity contribution >= 4 is 8.69 Å². The zero-order valence-electron chi connectivity index (χ0n) is 13.4. The molecule has 0 aliphatic carbocycles. The van der Waals surface area contributed by atoms with Gasteiger partial charge in [0, 0.05) is 0 Å². The largest absolute Gasteiger partial charge is 0.327 e. The lowest BCUT2D eigenvalue weighted by Crippen LogP contribution is -2.24. The van der Waals surface area contributed by atoms with E-state index in [4.69, 9.17) is 4.52 Å². The molecular weight excluding hydrogens is 255 g/mol. The maximum absolute atomic E-state index is 10.9. The summed E-state index contributed by atoms with van der Waals surface area (Å²) in [6.07, 6.45) is 11.1. The molecule has 0 aliphatic rings. The Morgan fingerprint density at radius 1 is 0.947 bits per heavy atom. The molecule has 0 saturated heterocycles. The second-order valence-electron chi connectivity index (χ2n) is 5.68. The minimum atomic E-state index is -0.147. The molecule has 0 fully saturated rings. The van der Waals surface area contributed by atoms with E-state index in [9.17, 15) is 4.57 Å². The summed E-state index contributed by atoms with van der Waals surface area (Å²) in [5, 5.41) is 0. The molecule has 0 aromatic rings. The van der Waals surface area contributed by atoms with Crippen molar-refractivity contribution in [1.82, 2.24) is 0 Å². The third-order valence-corrected chi connectivity index (χ3v) is 4.62. The Labute approximate surface area is 122 Å². The molecule has 0 radical (unpaired) electrons. The van der Waals surface area contributed by atoms with Gasteiger partial charge in [-0.3, -0.25) is 4.52 Å². The predicted octanol–water partition coefficient (Wildman–Crippen LogP) is 6.40. The van der Waals surface area contributed by atoms with E-state index in [0.717, 1.165) is 18.8 Å². The van der Waals surface area contributed by atoms with Gasteiger partial charge in [-0.25, -0.2) is 4.57 Å². The molecule has 0 heterocycles. The zero-order chi connectivity index (χ0) is 14.5. The molecule has 0 aromatic carbocycles. The van der Waals surface area contributed by atoms with Crippen LogP contribution in [-0.2, 0) is 9.09 Å². The number of hydrogen-bond donors (Lipinski definition) is 0. The number of hydrogen-bond acceptors (Lipinski definition) is 2. The van der Waals surface area contributed by atoms with Crippen LogP contribution in [-0.4, -0.2) is 6.10 Å². The van der Waals surface area contributed by atoms with E-state index in [1.807, 2.05) is 0 Å². The summed E-state index contributed by atoms with van der Waals surface area (Å²) in [6, 6.07) is 0. The molecule has 0 aromatic heterocycles. The van der Waals surface area contributed by atoms with Gasteiger partial charge in [0.05, 0.1) is 6.10 Å². The average molecular weight is 288 g/mol.